The summed E-state index contributed by atoms with van der Waals surface area (Å²) in [5, 5.41) is 0. The second-order valence-electron chi connectivity index (χ2n) is 5.03. The third kappa shape index (κ3) is 1.96. The lowest BCUT2D eigenvalue weighted by Gasteiger charge is -2.24. The molecule has 0 saturated heterocycles. The van der Waals surface area contributed by atoms with Crippen molar-refractivity contribution in [2.45, 2.75) is 25.0 Å². The Morgan fingerprint density at radius 1 is 1.28 bits per heavy atom. The van der Waals surface area contributed by atoms with Gasteiger partial charge in [-0.15, -0.1) is 0 Å². The van der Waals surface area contributed by atoms with E-state index < -0.39 is 0 Å². The predicted molar refractivity (Wildman–Crippen MR) is 70.9 cm³/mol. The van der Waals surface area contributed by atoms with Gasteiger partial charge >= 0.3 is 0 Å². The maximum Gasteiger partial charge on any atom is 0.0947 e. The molecule has 1 aliphatic carbocycles. The van der Waals surface area contributed by atoms with Gasteiger partial charge < -0.3 is 10.2 Å². The van der Waals surface area contributed by atoms with Crippen molar-refractivity contribution in [1.29, 1.82) is 0 Å². The van der Waals surface area contributed by atoms with Crippen molar-refractivity contribution < 1.29 is 4.42 Å². The van der Waals surface area contributed by atoms with Crippen LogP contribution in [0.4, 0.5) is 0 Å². The van der Waals surface area contributed by atoms with Gasteiger partial charge in [0.1, 0.15) is 0 Å². The first-order chi connectivity index (χ1) is 8.75. The lowest BCUT2D eigenvalue weighted by molar-refractivity contribution is 0.229. The molecule has 3 nitrogen and oxygen atoms in total. The van der Waals surface area contributed by atoms with Crippen molar-refractivity contribution in [3.8, 4) is 0 Å². The summed E-state index contributed by atoms with van der Waals surface area (Å²) in [5.74, 6) is 0. The fourth-order valence-corrected chi connectivity index (χ4v) is 2.84. The largest absolute Gasteiger partial charge is 0.472 e. The Morgan fingerprint density at radius 3 is 2.78 bits per heavy atom. The van der Waals surface area contributed by atoms with Gasteiger partial charge in [-0.2, -0.15) is 0 Å². The molecule has 0 saturated carbocycles. The number of benzene rings is 1. The van der Waals surface area contributed by atoms with Gasteiger partial charge in [-0.3, -0.25) is 4.90 Å². The average Bonchev–Trinajstić information content (AvgIpc) is 2.98. The van der Waals surface area contributed by atoms with E-state index >= 15 is 0 Å². The summed E-state index contributed by atoms with van der Waals surface area (Å²) in [6, 6.07) is 11.1. The molecular formula is C15H18N2O. The molecule has 0 spiro atoms. The fraction of sp³-hybridized carbons (Fsp3) is 0.333. The molecule has 94 valence electrons. The minimum atomic E-state index is 0.165. The van der Waals surface area contributed by atoms with Crippen LogP contribution in [-0.2, 0) is 6.54 Å². The molecule has 0 bridgehead atoms. The maximum atomic E-state index is 6.20. The van der Waals surface area contributed by atoms with Gasteiger partial charge in [0.2, 0.25) is 0 Å². The van der Waals surface area contributed by atoms with Crippen LogP contribution in [0.5, 0.6) is 0 Å². The summed E-state index contributed by atoms with van der Waals surface area (Å²) in [5.41, 5.74) is 10.1. The maximum absolute atomic E-state index is 6.20. The molecule has 1 aromatic carbocycles. The number of nitrogens with zero attached hydrogens (tertiary/aromatic N) is 1. The second-order valence-corrected chi connectivity index (χ2v) is 5.03. The Kier molecular flexibility index (Phi) is 2.94. The van der Waals surface area contributed by atoms with Gasteiger partial charge in [0.15, 0.2) is 0 Å². The van der Waals surface area contributed by atoms with Gasteiger partial charge in [-0.05, 0) is 30.7 Å². The highest BCUT2D eigenvalue weighted by Crippen LogP contribution is 2.40. The fourth-order valence-electron chi connectivity index (χ4n) is 2.84. The van der Waals surface area contributed by atoms with Crippen LogP contribution in [0.1, 0.15) is 35.2 Å². The van der Waals surface area contributed by atoms with Crippen molar-refractivity contribution >= 4 is 0 Å². The molecule has 1 aliphatic rings. The molecule has 2 atom stereocenters. The summed E-state index contributed by atoms with van der Waals surface area (Å²) >= 11 is 0. The molecule has 0 fully saturated rings. The van der Waals surface area contributed by atoms with Gasteiger partial charge in [0.05, 0.1) is 12.5 Å². The molecule has 3 heteroatoms. The van der Waals surface area contributed by atoms with E-state index in [1.165, 1.54) is 16.7 Å². The summed E-state index contributed by atoms with van der Waals surface area (Å²) in [6.45, 7) is 0.891. The van der Waals surface area contributed by atoms with Crippen molar-refractivity contribution in [2.24, 2.45) is 5.73 Å². The van der Waals surface area contributed by atoms with E-state index in [1.807, 2.05) is 6.07 Å². The summed E-state index contributed by atoms with van der Waals surface area (Å²) in [4.78, 5) is 2.34. The topological polar surface area (TPSA) is 42.4 Å². The van der Waals surface area contributed by atoms with Crippen LogP contribution < -0.4 is 5.73 Å². The highest BCUT2D eigenvalue weighted by Gasteiger charge is 2.30. The highest BCUT2D eigenvalue weighted by molar-refractivity contribution is 5.37. The van der Waals surface area contributed by atoms with Crippen molar-refractivity contribution in [3.63, 3.8) is 0 Å². The van der Waals surface area contributed by atoms with Crippen molar-refractivity contribution in [1.82, 2.24) is 4.90 Å². The van der Waals surface area contributed by atoms with E-state index in [9.17, 15) is 0 Å². The Morgan fingerprint density at radius 2 is 2.06 bits per heavy atom. The molecule has 2 aromatic rings. The number of hydrogen-bond donors (Lipinski definition) is 1. The van der Waals surface area contributed by atoms with Gasteiger partial charge in [-0.1, -0.05) is 24.3 Å². The molecule has 2 N–H and O–H groups in total. The van der Waals surface area contributed by atoms with Crippen LogP contribution in [0, 0.1) is 0 Å². The number of nitrogens with two attached hydrogens (primary N) is 1. The Hall–Kier alpha value is -1.58. The number of hydrogen-bond acceptors (Lipinski definition) is 3. The average molecular weight is 242 g/mol. The second kappa shape index (κ2) is 4.59. The number of fused-ring (bicyclic) bond motifs is 1. The first-order valence-electron chi connectivity index (χ1n) is 6.31. The normalized spacial score (nSPS) is 22.4. The first-order valence-corrected chi connectivity index (χ1v) is 6.31. The van der Waals surface area contributed by atoms with Gasteiger partial charge in [0.25, 0.3) is 0 Å². The van der Waals surface area contributed by atoms with E-state index in [4.69, 9.17) is 10.2 Å². The number of rotatable bonds is 3. The third-order valence-corrected chi connectivity index (χ3v) is 3.78. The Balaban J connectivity index is 1.82. The van der Waals surface area contributed by atoms with Crippen LogP contribution in [0.25, 0.3) is 0 Å². The monoisotopic (exact) mass is 242 g/mol. The SMILES string of the molecule is CN(Cc1ccoc1)C1CC(N)c2ccccc21. The van der Waals surface area contributed by atoms with Crippen LogP contribution in [0.2, 0.25) is 0 Å². The minimum absolute atomic E-state index is 0.165. The van der Waals surface area contributed by atoms with Crippen LogP contribution >= 0.6 is 0 Å². The van der Waals surface area contributed by atoms with E-state index in [2.05, 4.69) is 36.2 Å². The van der Waals surface area contributed by atoms with E-state index in [-0.39, 0.29) is 6.04 Å². The quantitative estimate of drug-likeness (QED) is 0.900. The van der Waals surface area contributed by atoms with Gasteiger partial charge in [0, 0.05) is 24.2 Å². The zero-order valence-electron chi connectivity index (χ0n) is 10.5. The zero-order valence-corrected chi connectivity index (χ0v) is 10.5. The third-order valence-electron chi connectivity index (χ3n) is 3.78. The van der Waals surface area contributed by atoms with Gasteiger partial charge in [-0.25, -0.2) is 0 Å². The highest BCUT2D eigenvalue weighted by atomic mass is 16.3. The zero-order chi connectivity index (χ0) is 12.5. The van der Waals surface area contributed by atoms with Crippen molar-refractivity contribution in [3.05, 3.63) is 59.5 Å². The molecule has 0 aliphatic heterocycles. The molecular weight excluding hydrogens is 224 g/mol. The summed E-state index contributed by atoms with van der Waals surface area (Å²) in [7, 11) is 2.15. The Bertz CT molecular complexity index is 521. The first kappa shape index (κ1) is 11.5. The molecule has 1 aromatic heterocycles. The lowest BCUT2D eigenvalue weighted by atomic mass is 10.1. The molecule has 3 rings (SSSR count). The molecule has 1 heterocycles. The minimum Gasteiger partial charge on any atom is -0.472 e. The lowest BCUT2D eigenvalue weighted by Crippen LogP contribution is -2.22. The smallest absolute Gasteiger partial charge is 0.0947 e. The molecule has 2 unspecified atom stereocenters. The Labute approximate surface area is 107 Å². The standard InChI is InChI=1S/C15H18N2O/c1-17(9-11-6-7-18-10-11)15-8-14(16)12-4-2-3-5-13(12)15/h2-7,10,14-15H,8-9,16H2,1H3. The number of furan rings is 1. The van der Waals surface area contributed by atoms with Crippen LogP contribution in [0.3, 0.4) is 0 Å². The summed E-state index contributed by atoms with van der Waals surface area (Å²) < 4.78 is 5.12. The molecule has 0 radical (unpaired) electrons. The van der Waals surface area contributed by atoms with Crippen LogP contribution in [0.15, 0.2) is 47.3 Å². The van der Waals surface area contributed by atoms with E-state index in [1.54, 1.807) is 12.5 Å². The molecule has 0 amide bonds. The van der Waals surface area contributed by atoms with E-state index in [0.717, 1.165) is 13.0 Å². The van der Waals surface area contributed by atoms with E-state index in [0.29, 0.717) is 6.04 Å². The van der Waals surface area contributed by atoms with Crippen LogP contribution in [-0.4, -0.2) is 11.9 Å². The van der Waals surface area contributed by atoms with Crippen molar-refractivity contribution in [2.75, 3.05) is 7.05 Å². The predicted octanol–water partition coefficient (Wildman–Crippen LogP) is 2.86. The summed E-state index contributed by atoms with van der Waals surface area (Å²) in [6.07, 6.45) is 4.52. The molecule has 18 heavy (non-hydrogen) atoms.